The molecule has 30 heavy (non-hydrogen) atoms. The molecule has 9 heteroatoms. The highest BCUT2D eigenvalue weighted by atomic mass is 32.1. The van der Waals surface area contributed by atoms with E-state index in [2.05, 4.69) is 25.9 Å². The number of hydrogen-bond donors (Lipinski definition) is 3. The summed E-state index contributed by atoms with van der Waals surface area (Å²) in [6, 6.07) is 8.35. The number of halogens is 1. The van der Waals surface area contributed by atoms with Crippen molar-refractivity contribution in [2.45, 2.75) is 32.4 Å². The maximum absolute atomic E-state index is 13.7. The van der Waals surface area contributed by atoms with Crippen LogP contribution in [0.15, 0.2) is 42.7 Å². The van der Waals surface area contributed by atoms with Crippen molar-refractivity contribution in [2.24, 2.45) is 0 Å². The fourth-order valence-electron chi connectivity index (χ4n) is 2.75. The number of pyridine rings is 1. The molecule has 0 bridgehead atoms. The highest BCUT2D eigenvalue weighted by Gasteiger charge is 2.24. The first-order valence-corrected chi connectivity index (χ1v) is 10.3. The van der Waals surface area contributed by atoms with Crippen molar-refractivity contribution < 1.29 is 14.0 Å². The van der Waals surface area contributed by atoms with Crippen LogP contribution in [0.4, 0.5) is 15.2 Å². The molecule has 7 nitrogen and oxygen atoms in total. The molecule has 1 saturated carbocycles. The number of benzene rings is 1. The van der Waals surface area contributed by atoms with Gasteiger partial charge in [0.25, 0.3) is 11.8 Å². The van der Waals surface area contributed by atoms with E-state index in [-0.39, 0.29) is 30.1 Å². The summed E-state index contributed by atoms with van der Waals surface area (Å²) >= 11 is 1.15. The second kappa shape index (κ2) is 8.58. The summed E-state index contributed by atoms with van der Waals surface area (Å²) in [5, 5.41) is 9.23. The van der Waals surface area contributed by atoms with Crippen LogP contribution in [-0.4, -0.2) is 27.8 Å². The van der Waals surface area contributed by atoms with Crippen molar-refractivity contribution in [3.63, 3.8) is 0 Å². The normalized spacial score (nSPS) is 13.0. The quantitative estimate of drug-likeness (QED) is 0.536. The Morgan fingerprint density at radius 1 is 1.20 bits per heavy atom. The van der Waals surface area contributed by atoms with E-state index >= 15 is 0 Å². The smallest absolute Gasteiger partial charge is 0.267 e. The molecule has 2 amide bonds. The molecule has 3 aromatic rings. The van der Waals surface area contributed by atoms with E-state index in [0.717, 1.165) is 29.7 Å². The molecule has 1 aliphatic rings. The van der Waals surface area contributed by atoms with Crippen molar-refractivity contribution in [3.8, 4) is 0 Å². The van der Waals surface area contributed by atoms with Gasteiger partial charge in [-0.2, -0.15) is 0 Å². The first-order valence-electron chi connectivity index (χ1n) is 9.51. The Morgan fingerprint density at radius 2 is 2.03 bits per heavy atom. The number of nitrogens with one attached hydrogen (secondary N) is 3. The number of rotatable bonds is 7. The van der Waals surface area contributed by atoms with E-state index in [1.54, 1.807) is 18.2 Å². The molecule has 0 unspecified atom stereocenters. The molecule has 4 rings (SSSR count). The third-order valence-corrected chi connectivity index (χ3v) is 5.59. The van der Waals surface area contributed by atoms with Gasteiger partial charge in [-0.15, -0.1) is 0 Å². The summed E-state index contributed by atoms with van der Waals surface area (Å²) in [4.78, 5) is 33.4. The molecule has 0 spiro atoms. The van der Waals surface area contributed by atoms with E-state index in [1.807, 2.05) is 6.92 Å². The molecule has 1 fully saturated rings. The molecule has 0 atom stereocenters. The zero-order valence-electron chi connectivity index (χ0n) is 16.2. The van der Waals surface area contributed by atoms with E-state index in [9.17, 15) is 14.0 Å². The number of thiazole rings is 1. The summed E-state index contributed by atoms with van der Waals surface area (Å²) in [5.74, 6) is -0.868. The van der Waals surface area contributed by atoms with Crippen LogP contribution < -0.4 is 16.0 Å². The monoisotopic (exact) mass is 425 g/mol. The van der Waals surface area contributed by atoms with Crippen LogP contribution in [0.5, 0.6) is 0 Å². The van der Waals surface area contributed by atoms with Crippen molar-refractivity contribution in [3.05, 3.63) is 70.2 Å². The molecule has 1 aromatic carbocycles. The molecule has 2 heterocycles. The lowest BCUT2D eigenvalue weighted by molar-refractivity contribution is 0.0949. The summed E-state index contributed by atoms with van der Waals surface area (Å²) in [7, 11) is 0. The number of carbonyl (C=O) groups is 2. The minimum atomic E-state index is -0.402. The van der Waals surface area contributed by atoms with Crippen LogP contribution in [0.3, 0.4) is 0 Å². The lowest BCUT2D eigenvalue weighted by atomic mass is 10.1. The average molecular weight is 425 g/mol. The lowest BCUT2D eigenvalue weighted by Crippen LogP contribution is -2.25. The molecule has 154 valence electrons. The third-order valence-electron chi connectivity index (χ3n) is 4.63. The molecular formula is C21H20FN5O2S. The van der Waals surface area contributed by atoms with Gasteiger partial charge in [0.2, 0.25) is 0 Å². The molecule has 0 aliphatic heterocycles. The Hall–Kier alpha value is -3.33. The van der Waals surface area contributed by atoms with Crippen LogP contribution in [0.1, 0.15) is 44.1 Å². The molecular weight excluding hydrogens is 405 g/mol. The van der Waals surface area contributed by atoms with Gasteiger partial charge < -0.3 is 16.0 Å². The maximum Gasteiger partial charge on any atom is 0.267 e. The van der Waals surface area contributed by atoms with Gasteiger partial charge in [0.05, 0.1) is 18.4 Å². The van der Waals surface area contributed by atoms with Gasteiger partial charge in [-0.3, -0.25) is 14.6 Å². The molecule has 3 N–H and O–H groups in total. The first kappa shape index (κ1) is 20.0. The number of amides is 2. The Labute approximate surface area is 176 Å². The zero-order chi connectivity index (χ0) is 21.1. The zero-order valence-corrected chi connectivity index (χ0v) is 17.1. The second-order valence-corrected chi connectivity index (χ2v) is 8.08. The topological polar surface area (TPSA) is 96.0 Å². The van der Waals surface area contributed by atoms with Gasteiger partial charge >= 0.3 is 0 Å². The maximum atomic E-state index is 13.7. The molecule has 1 aliphatic carbocycles. The summed E-state index contributed by atoms with van der Waals surface area (Å²) in [6.07, 6.45) is 4.99. The molecule has 0 saturated heterocycles. The number of aryl methyl sites for hydroxylation is 1. The minimum absolute atomic E-state index is 0.140. The summed E-state index contributed by atoms with van der Waals surface area (Å²) in [6.45, 7) is 2.03. The van der Waals surface area contributed by atoms with Crippen molar-refractivity contribution in [1.29, 1.82) is 0 Å². The first-order chi connectivity index (χ1) is 14.5. The second-order valence-electron chi connectivity index (χ2n) is 7.05. The van der Waals surface area contributed by atoms with Crippen LogP contribution in [-0.2, 0) is 6.54 Å². The Bertz CT molecular complexity index is 1100. The molecule has 0 radical (unpaired) electrons. The Balaban J connectivity index is 1.40. The van der Waals surface area contributed by atoms with E-state index in [1.165, 1.54) is 24.5 Å². The van der Waals surface area contributed by atoms with Crippen LogP contribution >= 0.6 is 11.3 Å². The standard InChI is InChI=1S/C21H20FN5O2S/c1-12-4-5-13(19(28)26-14-6-7-14)9-16(12)27-20(29)18-11-25-21(30-18)24-10-17-15(22)3-2-8-23-17/h2-5,8-9,11,14H,6-7,10H2,1H3,(H,24,25)(H,26,28)(H,27,29). The number of hydrogen-bond acceptors (Lipinski definition) is 6. The number of aromatic nitrogens is 2. The fourth-order valence-corrected chi connectivity index (χ4v) is 3.45. The number of nitrogens with zero attached hydrogens (tertiary/aromatic N) is 2. The third kappa shape index (κ3) is 4.80. The Morgan fingerprint density at radius 3 is 2.80 bits per heavy atom. The highest BCUT2D eigenvalue weighted by Crippen LogP contribution is 2.24. The predicted octanol–water partition coefficient (Wildman–Crippen LogP) is 3.74. The fraction of sp³-hybridized carbons (Fsp3) is 0.238. The van der Waals surface area contributed by atoms with Crippen LogP contribution in [0.25, 0.3) is 0 Å². The minimum Gasteiger partial charge on any atom is -0.356 e. The Kier molecular flexibility index (Phi) is 5.71. The number of carbonyl (C=O) groups excluding carboxylic acids is 2. The predicted molar refractivity (Wildman–Crippen MR) is 113 cm³/mol. The van der Waals surface area contributed by atoms with Crippen LogP contribution in [0.2, 0.25) is 0 Å². The lowest BCUT2D eigenvalue weighted by Gasteiger charge is -2.10. The van der Waals surface area contributed by atoms with E-state index in [0.29, 0.717) is 21.3 Å². The summed E-state index contributed by atoms with van der Waals surface area (Å²) in [5.41, 5.74) is 2.20. The van der Waals surface area contributed by atoms with Crippen molar-refractivity contribution in [2.75, 3.05) is 10.6 Å². The SMILES string of the molecule is Cc1ccc(C(=O)NC2CC2)cc1NC(=O)c1cnc(NCc2ncccc2F)s1. The van der Waals surface area contributed by atoms with Gasteiger partial charge in [-0.1, -0.05) is 17.4 Å². The van der Waals surface area contributed by atoms with Crippen molar-refractivity contribution >= 4 is 34.0 Å². The van der Waals surface area contributed by atoms with E-state index in [4.69, 9.17) is 0 Å². The largest absolute Gasteiger partial charge is 0.356 e. The van der Waals surface area contributed by atoms with E-state index < -0.39 is 5.82 Å². The van der Waals surface area contributed by atoms with Crippen LogP contribution in [0, 0.1) is 12.7 Å². The highest BCUT2D eigenvalue weighted by molar-refractivity contribution is 7.17. The molecule has 2 aromatic heterocycles. The van der Waals surface area contributed by atoms with Gasteiger partial charge in [-0.05, 0) is 49.6 Å². The average Bonchev–Trinajstić information content (AvgIpc) is 3.42. The van der Waals surface area contributed by atoms with Gasteiger partial charge in [0.1, 0.15) is 10.7 Å². The summed E-state index contributed by atoms with van der Waals surface area (Å²) < 4.78 is 13.7. The van der Waals surface area contributed by atoms with Gasteiger partial charge in [0.15, 0.2) is 5.13 Å². The number of anilines is 2. The van der Waals surface area contributed by atoms with Gasteiger partial charge in [-0.25, -0.2) is 9.37 Å². The van der Waals surface area contributed by atoms with Crippen molar-refractivity contribution in [1.82, 2.24) is 15.3 Å². The van der Waals surface area contributed by atoms with Gasteiger partial charge in [0, 0.05) is 23.5 Å².